The Labute approximate surface area is 132 Å². The van der Waals surface area contributed by atoms with Gasteiger partial charge in [0.1, 0.15) is 0 Å². The van der Waals surface area contributed by atoms with E-state index in [0.29, 0.717) is 12.8 Å². The molecule has 1 aromatic rings. The fourth-order valence-corrected chi connectivity index (χ4v) is 4.19. The summed E-state index contributed by atoms with van der Waals surface area (Å²) < 4.78 is 0.950. The van der Waals surface area contributed by atoms with Crippen LogP contribution in [-0.2, 0) is 9.59 Å². The number of amides is 2. The minimum absolute atomic E-state index is 0.0210. The van der Waals surface area contributed by atoms with Crippen LogP contribution in [0.25, 0.3) is 0 Å². The highest BCUT2D eigenvalue weighted by Crippen LogP contribution is 2.46. The van der Waals surface area contributed by atoms with E-state index in [1.54, 1.807) is 0 Å². The smallest absolute Gasteiger partial charge is 0.234 e. The third-order valence-corrected chi connectivity index (χ3v) is 5.47. The first kappa shape index (κ1) is 14.0. The zero-order valence-corrected chi connectivity index (χ0v) is 13.6. The summed E-state index contributed by atoms with van der Waals surface area (Å²) in [6, 6.07) is 7.59. The molecule has 2 amide bonds. The lowest BCUT2D eigenvalue weighted by molar-refractivity contribution is -0.134. The molecule has 2 aliphatic rings. The van der Waals surface area contributed by atoms with Crippen LogP contribution in [-0.4, -0.2) is 11.8 Å². The van der Waals surface area contributed by atoms with Crippen LogP contribution in [0.5, 0.6) is 0 Å². The molecule has 3 nitrogen and oxygen atoms in total. The molecule has 1 saturated heterocycles. The molecule has 1 aromatic carbocycles. The highest BCUT2D eigenvalue weighted by atomic mass is 127. The van der Waals surface area contributed by atoms with E-state index < -0.39 is 0 Å². The number of carbonyl (C=O) groups excluding carboxylic acids is 2. The summed E-state index contributed by atoms with van der Waals surface area (Å²) in [7, 11) is 0. The maximum Gasteiger partial charge on any atom is 0.234 e. The Bertz CT molecular complexity index is 529. The van der Waals surface area contributed by atoms with E-state index in [4.69, 9.17) is 0 Å². The molecule has 1 saturated carbocycles. The van der Waals surface area contributed by atoms with Crippen LogP contribution in [0.4, 0.5) is 5.69 Å². The van der Waals surface area contributed by atoms with Gasteiger partial charge in [0.2, 0.25) is 11.8 Å². The monoisotopic (exact) mass is 383 g/mol. The summed E-state index contributed by atoms with van der Waals surface area (Å²) in [6.07, 6.45) is 6.68. The van der Waals surface area contributed by atoms with Crippen molar-refractivity contribution < 1.29 is 9.59 Å². The van der Waals surface area contributed by atoms with Crippen LogP contribution in [0, 0.1) is 8.99 Å². The second-order valence-electron chi connectivity index (χ2n) is 5.99. The largest absolute Gasteiger partial charge is 0.274 e. The van der Waals surface area contributed by atoms with Crippen LogP contribution in [0.3, 0.4) is 0 Å². The van der Waals surface area contributed by atoms with Gasteiger partial charge >= 0.3 is 0 Å². The first-order valence-electron chi connectivity index (χ1n) is 7.22. The molecule has 0 N–H and O–H groups in total. The topological polar surface area (TPSA) is 37.4 Å². The molecular formula is C16H18INO2. The Morgan fingerprint density at radius 2 is 1.55 bits per heavy atom. The highest BCUT2D eigenvalue weighted by molar-refractivity contribution is 14.1. The molecule has 106 valence electrons. The number of anilines is 1. The van der Waals surface area contributed by atoms with Crippen molar-refractivity contribution in [3.05, 3.63) is 27.8 Å². The number of halogens is 1. The van der Waals surface area contributed by atoms with E-state index in [1.807, 2.05) is 24.3 Å². The number of para-hydroxylation sites is 1. The lowest BCUT2D eigenvalue weighted by atomic mass is 9.67. The fraction of sp³-hybridized carbons (Fsp3) is 0.500. The van der Waals surface area contributed by atoms with Gasteiger partial charge in [0.25, 0.3) is 0 Å². The number of imide groups is 1. The Kier molecular flexibility index (Phi) is 3.84. The number of benzene rings is 1. The average Bonchev–Trinajstić information content (AvgIpc) is 2.41. The Morgan fingerprint density at radius 1 is 0.950 bits per heavy atom. The second kappa shape index (κ2) is 5.47. The van der Waals surface area contributed by atoms with Crippen molar-refractivity contribution in [3.63, 3.8) is 0 Å². The van der Waals surface area contributed by atoms with Crippen LogP contribution in [0.15, 0.2) is 24.3 Å². The highest BCUT2D eigenvalue weighted by Gasteiger charge is 2.44. The minimum atomic E-state index is -0.0386. The maximum absolute atomic E-state index is 12.5. The van der Waals surface area contributed by atoms with E-state index >= 15 is 0 Å². The predicted molar refractivity (Wildman–Crippen MR) is 86.4 cm³/mol. The first-order valence-corrected chi connectivity index (χ1v) is 8.30. The number of carbonyl (C=O) groups is 2. The number of nitrogens with zero attached hydrogens (tertiary/aromatic N) is 1. The molecule has 3 rings (SSSR count). The molecule has 2 fully saturated rings. The third kappa shape index (κ3) is 2.50. The Morgan fingerprint density at radius 3 is 2.15 bits per heavy atom. The SMILES string of the molecule is O=C1CC2(CCCCC2)CC(=O)N1c1ccccc1I. The van der Waals surface area contributed by atoms with Crippen molar-refractivity contribution in [1.29, 1.82) is 0 Å². The van der Waals surface area contributed by atoms with Crippen molar-refractivity contribution in [2.75, 3.05) is 4.90 Å². The lowest BCUT2D eigenvalue weighted by Gasteiger charge is -2.42. The molecule has 0 bridgehead atoms. The zero-order chi connectivity index (χ0) is 14.2. The fourth-order valence-electron chi connectivity index (χ4n) is 3.56. The number of hydrogen-bond acceptors (Lipinski definition) is 2. The standard InChI is InChI=1S/C16H18INO2/c17-12-6-2-3-7-13(12)18-14(19)10-16(11-15(18)20)8-4-1-5-9-16/h2-3,6-7H,1,4-5,8-11H2. The normalized spacial score (nSPS) is 22.4. The maximum atomic E-state index is 12.5. The molecule has 4 heteroatoms. The Hall–Kier alpha value is -0.910. The quantitative estimate of drug-likeness (QED) is 0.545. The van der Waals surface area contributed by atoms with Gasteiger partial charge < -0.3 is 0 Å². The molecule has 1 heterocycles. The number of rotatable bonds is 1. The molecule has 20 heavy (non-hydrogen) atoms. The van der Waals surface area contributed by atoms with E-state index in [1.165, 1.54) is 11.3 Å². The van der Waals surface area contributed by atoms with Crippen molar-refractivity contribution in [1.82, 2.24) is 0 Å². The number of hydrogen-bond donors (Lipinski definition) is 0. The summed E-state index contributed by atoms with van der Waals surface area (Å²) in [5.74, 6) is -0.0421. The molecule has 1 spiro atoms. The van der Waals surface area contributed by atoms with Gasteiger partial charge in [-0.1, -0.05) is 31.4 Å². The summed E-state index contributed by atoms with van der Waals surface area (Å²) in [4.78, 5) is 26.5. The van der Waals surface area contributed by atoms with Gasteiger partial charge in [-0.2, -0.15) is 0 Å². The van der Waals surface area contributed by atoms with E-state index in [0.717, 1.165) is 34.9 Å². The van der Waals surface area contributed by atoms with Crippen molar-refractivity contribution >= 4 is 40.1 Å². The van der Waals surface area contributed by atoms with Gasteiger partial charge in [0, 0.05) is 16.4 Å². The molecular weight excluding hydrogens is 365 g/mol. The van der Waals surface area contributed by atoms with E-state index in [-0.39, 0.29) is 17.2 Å². The van der Waals surface area contributed by atoms with E-state index in [9.17, 15) is 9.59 Å². The summed E-state index contributed by atoms with van der Waals surface area (Å²) in [5, 5.41) is 0. The minimum Gasteiger partial charge on any atom is -0.274 e. The number of piperidine rings is 1. The van der Waals surface area contributed by atoms with Crippen molar-refractivity contribution in [3.8, 4) is 0 Å². The molecule has 0 radical (unpaired) electrons. The van der Waals surface area contributed by atoms with Gasteiger partial charge in [0.15, 0.2) is 0 Å². The molecule has 0 atom stereocenters. The van der Waals surface area contributed by atoms with Crippen LogP contribution >= 0.6 is 22.6 Å². The van der Waals surface area contributed by atoms with Gasteiger partial charge in [-0.15, -0.1) is 0 Å². The van der Waals surface area contributed by atoms with Gasteiger partial charge in [-0.3, -0.25) is 9.59 Å². The van der Waals surface area contributed by atoms with E-state index in [2.05, 4.69) is 22.6 Å². The molecule has 0 unspecified atom stereocenters. The third-order valence-electron chi connectivity index (χ3n) is 4.56. The molecule has 1 aliphatic carbocycles. The predicted octanol–water partition coefficient (Wildman–Crippen LogP) is 3.90. The van der Waals surface area contributed by atoms with Gasteiger partial charge in [-0.05, 0) is 53.0 Å². The van der Waals surface area contributed by atoms with Crippen molar-refractivity contribution in [2.45, 2.75) is 44.9 Å². The van der Waals surface area contributed by atoms with Crippen molar-refractivity contribution in [2.24, 2.45) is 5.41 Å². The lowest BCUT2D eigenvalue weighted by Crippen LogP contribution is -2.49. The molecule has 0 aromatic heterocycles. The van der Waals surface area contributed by atoms with Crippen LogP contribution < -0.4 is 4.90 Å². The first-order chi connectivity index (χ1) is 9.61. The average molecular weight is 383 g/mol. The van der Waals surface area contributed by atoms with Crippen LogP contribution in [0.2, 0.25) is 0 Å². The Balaban J connectivity index is 1.88. The van der Waals surface area contributed by atoms with Crippen LogP contribution in [0.1, 0.15) is 44.9 Å². The summed E-state index contributed by atoms with van der Waals surface area (Å²) >= 11 is 2.18. The van der Waals surface area contributed by atoms with Gasteiger partial charge in [-0.25, -0.2) is 4.90 Å². The zero-order valence-electron chi connectivity index (χ0n) is 11.4. The summed E-state index contributed by atoms with van der Waals surface area (Å²) in [6.45, 7) is 0. The van der Waals surface area contributed by atoms with Gasteiger partial charge in [0.05, 0.1) is 5.69 Å². The summed E-state index contributed by atoms with van der Waals surface area (Å²) in [5.41, 5.74) is 0.706. The molecule has 1 aliphatic heterocycles. The second-order valence-corrected chi connectivity index (χ2v) is 7.15.